The van der Waals surface area contributed by atoms with Crippen LogP contribution in [0, 0.1) is 5.92 Å². The summed E-state index contributed by atoms with van der Waals surface area (Å²) in [6, 6.07) is 1.70. The van der Waals surface area contributed by atoms with E-state index in [1.165, 1.54) is 6.20 Å². The summed E-state index contributed by atoms with van der Waals surface area (Å²) in [5, 5.41) is 9.70. The highest BCUT2D eigenvalue weighted by Crippen LogP contribution is 2.30. The monoisotopic (exact) mass is 218 g/mol. The van der Waals surface area contributed by atoms with E-state index in [-0.39, 0.29) is 17.4 Å². The minimum Gasteiger partial charge on any atom is -0.328 e. The van der Waals surface area contributed by atoms with Crippen LogP contribution in [0.1, 0.15) is 12.8 Å². The molecule has 0 aromatic carbocycles. The van der Waals surface area contributed by atoms with E-state index in [0.717, 1.165) is 12.8 Å². The van der Waals surface area contributed by atoms with Gasteiger partial charge in [-0.15, -0.1) is 0 Å². The first-order valence-corrected chi connectivity index (χ1v) is 5.12. The lowest BCUT2D eigenvalue weighted by atomic mass is 10.3. The van der Waals surface area contributed by atoms with Gasteiger partial charge in [0.2, 0.25) is 5.91 Å². The minimum atomic E-state index is -0.252. The minimum absolute atomic E-state index is 0.0587. The molecule has 2 heterocycles. The fourth-order valence-electron chi connectivity index (χ4n) is 1.63. The van der Waals surface area contributed by atoms with Crippen molar-refractivity contribution >= 4 is 22.6 Å². The molecule has 0 radical (unpaired) electrons. The summed E-state index contributed by atoms with van der Waals surface area (Å²) in [7, 11) is 0. The summed E-state index contributed by atoms with van der Waals surface area (Å²) in [6.45, 7) is 0. The smallest absolute Gasteiger partial charge is 0.261 e. The van der Waals surface area contributed by atoms with Crippen LogP contribution < -0.4 is 10.9 Å². The Kier molecular flexibility index (Phi) is 1.82. The van der Waals surface area contributed by atoms with Gasteiger partial charge in [0, 0.05) is 12.1 Å². The highest BCUT2D eigenvalue weighted by molar-refractivity contribution is 6.00. The predicted octanol–water partition coefficient (Wildman–Crippen LogP) is 0.600. The van der Waals surface area contributed by atoms with Crippen molar-refractivity contribution in [3.05, 3.63) is 22.6 Å². The number of amides is 1. The van der Waals surface area contributed by atoms with Crippen molar-refractivity contribution < 1.29 is 4.79 Å². The van der Waals surface area contributed by atoms with Crippen LogP contribution in [-0.2, 0) is 4.79 Å². The third-order valence-electron chi connectivity index (χ3n) is 2.68. The van der Waals surface area contributed by atoms with Gasteiger partial charge in [-0.25, -0.2) is 0 Å². The van der Waals surface area contributed by atoms with Gasteiger partial charge in [0.05, 0.1) is 5.52 Å². The summed E-state index contributed by atoms with van der Waals surface area (Å²) >= 11 is 0. The molecule has 1 saturated carbocycles. The lowest BCUT2D eigenvalue weighted by Gasteiger charge is -1.98. The zero-order valence-corrected chi connectivity index (χ0v) is 8.41. The van der Waals surface area contributed by atoms with Gasteiger partial charge in [-0.2, -0.15) is 5.10 Å². The molecule has 3 N–H and O–H groups in total. The summed E-state index contributed by atoms with van der Waals surface area (Å²) in [5.74, 6) is 0.347. The van der Waals surface area contributed by atoms with Gasteiger partial charge in [0.25, 0.3) is 5.56 Å². The number of nitrogens with one attached hydrogen (secondary N) is 3. The Morgan fingerprint density at radius 2 is 2.31 bits per heavy atom. The third kappa shape index (κ3) is 1.39. The number of aromatic nitrogens is 3. The second kappa shape index (κ2) is 3.19. The van der Waals surface area contributed by atoms with E-state index >= 15 is 0 Å². The van der Waals surface area contributed by atoms with E-state index in [4.69, 9.17) is 0 Å². The van der Waals surface area contributed by atoms with Crippen molar-refractivity contribution in [3.8, 4) is 0 Å². The van der Waals surface area contributed by atoms with Crippen LogP contribution >= 0.6 is 0 Å². The Labute approximate surface area is 90.1 Å². The number of carbonyl (C=O) groups is 1. The largest absolute Gasteiger partial charge is 0.328 e. The molecule has 0 spiro atoms. The Balaban J connectivity index is 2.03. The van der Waals surface area contributed by atoms with Crippen molar-refractivity contribution in [2.24, 2.45) is 5.92 Å². The Bertz CT molecular complexity index is 609. The molecule has 0 saturated heterocycles. The van der Waals surface area contributed by atoms with E-state index in [0.29, 0.717) is 16.7 Å². The first kappa shape index (κ1) is 9.14. The summed E-state index contributed by atoms with van der Waals surface area (Å²) in [5.41, 5.74) is 0.368. The van der Waals surface area contributed by atoms with E-state index in [9.17, 15) is 9.59 Å². The summed E-state index contributed by atoms with van der Waals surface area (Å²) in [6.07, 6.45) is 3.38. The number of rotatable bonds is 2. The number of carbonyl (C=O) groups excluding carboxylic acids is 1. The number of hydrogen-bond donors (Lipinski definition) is 3. The van der Waals surface area contributed by atoms with Crippen LogP contribution in [0.3, 0.4) is 0 Å². The number of anilines is 1. The molecule has 2 aromatic heterocycles. The van der Waals surface area contributed by atoms with Crippen molar-refractivity contribution in [2.45, 2.75) is 12.8 Å². The number of H-pyrrole nitrogens is 2. The molecule has 0 unspecified atom stereocenters. The molecule has 2 aromatic rings. The normalized spacial score (nSPS) is 15.2. The standard InChI is InChI=1S/C10H10N4O2/c15-9(5-1-2-5)12-8-7-6(13-14-8)3-4-11-10(7)16/h3-5H,1-2H2,(H,11,16)(H2,12,13,14,15). The van der Waals surface area contributed by atoms with Crippen LogP contribution in [-0.4, -0.2) is 21.1 Å². The Hall–Kier alpha value is -2.11. The summed E-state index contributed by atoms with van der Waals surface area (Å²) < 4.78 is 0. The SMILES string of the molecule is O=C(Nc1n[nH]c2cc[nH]c(=O)c12)C1CC1. The van der Waals surface area contributed by atoms with Gasteiger partial charge in [0.1, 0.15) is 5.39 Å². The molecule has 1 amide bonds. The third-order valence-corrected chi connectivity index (χ3v) is 2.68. The maximum atomic E-state index is 11.6. The van der Waals surface area contributed by atoms with Crippen LogP contribution in [0.15, 0.2) is 17.1 Å². The molecule has 0 atom stereocenters. The molecule has 1 aliphatic rings. The maximum absolute atomic E-state index is 11.6. The van der Waals surface area contributed by atoms with Gasteiger partial charge in [-0.1, -0.05) is 0 Å². The van der Waals surface area contributed by atoms with Gasteiger partial charge >= 0.3 is 0 Å². The second-order valence-electron chi connectivity index (χ2n) is 3.93. The second-order valence-corrected chi connectivity index (χ2v) is 3.93. The topological polar surface area (TPSA) is 90.6 Å². The lowest BCUT2D eigenvalue weighted by molar-refractivity contribution is -0.117. The van der Waals surface area contributed by atoms with E-state index in [1.54, 1.807) is 6.07 Å². The molecule has 16 heavy (non-hydrogen) atoms. The number of pyridine rings is 1. The molecular weight excluding hydrogens is 208 g/mol. The number of hydrogen-bond acceptors (Lipinski definition) is 3. The quantitative estimate of drug-likeness (QED) is 0.689. The molecule has 0 aliphatic heterocycles. The molecule has 6 heteroatoms. The first-order chi connectivity index (χ1) is 7.75. The summed E-state index contributed by atoms with van der Waals surface area (Å²) in [4.78, 5) is 25.7. The fourth-order valence-corrected chi connectivity index (χ4v) is 1.63. The average Bonchev–Trinajstić information content (AvgIpc) is 3.03. The number of fused-ring (bicyclic) bond motifs is 1. The Morgan fingerprint density at radius 1 is 1.50 bits per heavy atom. The van der Waals surface area contributed by atoms with E-state index in [1.807, 2.05) is 0 Å². The Morgan fingerprint density at radius 3 is 3.06 bits per heavy atom. The van der Waals surface area contributed by atoms with Gasteiger partial charge < -0.3 is 10.3 Å². The van der Waals surface area contributed by atoms with Crippen molar-refractivity contribution in [1.82, 2.24) is 15.2 Å². The molecule has 3 rings (SSSR count). The highest BCUT2D eigenvalue weighted by Gasteiger charge is 2.30. The van der Waals surface area contributed by atoms with E-state index < -0.39 is 0 Å². The molecular formula is C10H10N4O2. The van der Waals surface area contributed by atoms with Crippen molar-refractivity contribution in [2.75, 3.05) is 5.32 Å². The number of aromatic amines is 2. The zero-order chi connectivity index (χ0) is 11.1. The number of nitrogens with zero attached hydrogens (tertiary/aromatic N) is 1. The molecule has 82 valence electrons. The zero-order valence-electron chi connectivity index (χ0n) is 8.41. The highest BCUT2D eigenvalue weighted by atomic mass is 16.2. The van der Waals surface area contributed by atoms with Gasteiger partial charge in [-0.05, 0) is 18.9 Å². The predicted molar refractivity (Wildman–Crippen MR) is 58.1 cm³/mol. The average molecular weight is 218 g/mol. The first-order valence-electron chi connectivity index (χ1n) is 5.12. The van der Waals surface area contributed by atoms with Crippen LogP contribution in [0.2, 0.25) is 0 Å². The van der Waals surface area contributed by atoms with Crippen molar-refractivity contribution in [3.63, 3.8) is 0 Å². The lowest BCUT2D eigenvalue weighted by Crippen LogP contribution is -2.15. The molecule has 1 aliphatic carbocycles. The van der Waals surface area contributed by atoms with Crippen LogP contribution in [0.25, 0.3) is 10.9 Å². The van der Waals surface area contributed by atoms with Gasteiger partial charge in [-0.3, -0.25) is 14.7 Å². The molecule has 6 nitrogen and oxygen atoms in total. The van der Waals surface area contributed by atoms with Crippen molar-refractivity contribution in [1.29, 1.82) is 0 Å². The molecule has 0 bridgehead atoms. The van der Waals surface area contributed by atoms with E-state index in [2.05, 4.69) is 20.5 Å². The fraction of sp³-hybridized carbons (Fsp3) is 0.300. The van der Waals surface area contributed by atoms with Crippen LogP contribution in [0.5, 0.6) is 0 Å². The molecule has 1 fully saturated rings. The van der Waals surface area contributed by atoms with Gasteiger partial charge in [0.15, 0.2) is 5.82 Å². The maximum Gasteiger partial charge on any atom is 0.261 e. The van der Waals surface area contributed by atoms with Crippen LogP contribution in [0.4, 0.5) is 5.82 Å².